The first-order valence-electron chi connectivity index (χ1n) is 10.9. The van der Waals surface area contributed by atoms with Crippen LogP contribution in [0, 0.1) is 0 Å². The normalized spacial score (nSPS) is 13.2. The van der Waals surface area contributed by atoms with Crippen molar-refractivity contribution >= 4 is 65.5 Å². The Morgan fingerprint density at radius 3 is 2.19 bits per heavy atom. The molecule has 192 valence electrons. The lowest BCUT2D eigenvalue weighted by molar-refractivity contribution is 0.0707. The number of hydrogen-bond acceptors (Lipinski definition) is 5. The number of halogens is 4. The molecule has 2 amide bonds. The van der Waals surface area contributed by atoms with Gasteiger partial charge >= 0.3 is 0 Å². The van der Waals surface area contributed by atoms with Crippen molar-refractivity contribution in [1.82, 2.24) is 15.2 Å². The van der Waals surface area contributed by atoms with Crippen molar-refractivity contribution in [1.29, 1.82) is 0 Å². The van der Waals surface area contributed by atoms with Gasteiger partial charge in [0.2, 0.25) is 5.88 Å². The van der Waals surface area contributed by atoms with Gasteiger partial charge in [0.05, 0.1) is 21.9 Å². The highest BCUT2D eigenvalue weighted by Crippen LogP contribution is 2.24. The molecule has 0 spiro atoms. The Bertz CT molecular complexity index is 1170. The topological polar surface area (TPSA) is 83.6 Å². The number of hydrogen-bond donors (Lipinski definition) is 2. The van der Waals surface area contributed by atoms with Crippen molar-refractivity contribution in [3.8, 4) is 11.6 Å². The van der Waals surface area contributed by atoms with Crippen LogP contribution in [0.3, 0.4) is 0 Å². The molecule has 0 atom stereocenters. The van der Waals surface area contributed by atoms with Gasteiger partial charge in [0.15, 0.2) is 0 Å². The average molecular weight is 572 g/mol. The van der Waals surface area contributed by atoms with Gasteiger partial charge < -0.3 is 20.3 Å². The SMILES string of the molecule is CNC1CCN(C(=O)c2ccc(Oc3ccc(NC(=O)c4ccc(Cl)c(Cl)c4)cn3)cc2)CC1.Cl.Cl. The minimum Gasteiger partial charge on any atom is -0.439 e. The molecule has 0 unspecified atom stereocenters. The van der Waals surface area contributed by atoms with Gasteiger partial charge in [0.1, 0.15) is 5.75 Å². The second-order valence-electron chi connectivity index (χ2n) is 7.95. The minimum atomic E-state index is -0.329. The van der Waals surface area contributed by atoms with Gasteiger partial charge in [-0.3, -0.25) is 9.59 Å². The van der Waals surface area contributed by atoms with Crippen molar-refractivity contribution in [2.75, 3.05) is 25.5 Å². The summed E-state index contributed by atoms with van der Waals surface area (Å²) in [5.74, 6) is 0.622. The summed E-state index contributed by atoms with van der Waals surface area (Å²) >= 11 is 11.9. The van der Waals surface area contributed by atoms with E-state index in [9.17, 15) is 9.59 Å². The lowest BCUT2D eigenvalue weighted by Gasteiger charge is -2.31. The molecule has 3 aromatic rings. The van der Waals surface area contributed by atoms with Gasteiger partial charge in [0.25, 0.3) is 11.8 Å². The zero-order valence-corrected chi connectivity index (χ0v) is 22.5. The fraction of sp³-hybridized carbons (Fsp3) is 0.240. The number of nitrogens with zero attached hydrogens (tertiary/aromatic N) is 2. The summed E-state index contributed by atoms with van der Waals surface area (Å²) in [7, 11) is 1.96. The number of anilines is 1. The monoisotopic (exact) mass is 570 g/mol. The molecular formula is C25H26Cl4N4O3. The summed E-state index contributed by atoms with van der Waals surface area (Å²) in [5.41, 5.74) is 1.52. The van der Waals surface area contributed by atoms with Crippen molar-refractivity contribution < 1.29 is 14.3 Å². The Morgan fingerprint density at radius 1 is 0.944 bits per heavy atom. The number of pyridine rings is 1. The van der Waals surface area contributed by atoms with Crippen LogP contribution in [-0.2, 0) is 0 Å². The second kappa shape index (κ2) is 13.7. The predicted octanol–water partition coefficient (Wildman–Crippen LogP) is 6.10. The summed E-state index contributed by atoms with van der Waals surface area (Å²) in [6, 6.07) is 15.5. The van der Waals surface area contributed by atoms with Crippen LogP contribution in [-0.4, -0.2) is 47.9 Å². The third-order valence-corrected chi connectivity index (χ3v) is 6.43. The maximum atomic E-state index is 12.7. The molecule has 0 saturated carbocycles. The molecule has 2 aromatic carbocycles. The van der Waals surface area contributed by atoms with E-state index in [1.54, 1.807) is 48.5 Å². The van der Waals surface area contributed by atoms with Gasteiger partial charge in [-0.05, 0) is 68.4 Å². The third kappa shape index (κ3) is 7.48. The summed E-state index contributed by atoms with van der Waals surface area (Å²) in [4.78, 5) is 31.2. The number of piperidine rings is 1. The molecule has 0 bridgehead atoms. The Kier molecular flexibility index (Phi) is 11.3. The number of aromatic nitrogens is 1. The van der Waals surface area contributed by atoms with E-state index in [0.717, 1.165) is 25.9 Å². The highest BCUT2D eigenvalue weighted by Gasteiger charge is 2.22. The smallest absolute Gasteiger partial charge is 0.255 e. The summed E-state index contributed by atoms with van der Waals surface area (Å²) in [5, 5.41) is 6.71. The maximum absolute atomic E-state index is 12.7. The number of carbonyl (C=O) groups is 2. The Balaban J connectivity index is 0.00000228. The van der Waals surface area contributed by atoms with Crippen molar-refractivity contribution in [2.45, 2.75) is 18.9 Å². The van der Waals surface area contributed by atoms with Crippen LogP contribution in [0.4, 0.5) is 5.69 Å². The van der Waals surface area contributed by atoms with Crippen LogP contribution < -0.4 is 15.4 Å². The first-order valence-corrected chi connectivity index (χ1v) is 11.7. The van der Waals surface area contributed by atoms with E-state index in [1.807, 2.05) is 11.9 Å². The molecule has 0 aliphatic carbocycles. The number of rotatable bonds is 6. The van der Waals surface area contributed by atoms with E-state index in [-0.39, 0.29) is 36.6 Å². The molecule has 2 heterocycles. The van der Waals surface area contributed by atoms with E-state index in [4.69, 9.17) is 27.9 Å². The van der Waals surface area contributed by atoms with Crippen LogP contribution in [0.5, 0.6) is 11.6 Å². The minimum absolute atomic E-state index is 0. The summed E-state index contributed by atoms with van der Waals surface area (Å²) < 4.78 is 5.77. The molecule has 11 heteroatoms. The highest BCUT2D eigenvalue weighted by atomic mass is 35.5. The Morgan fingerprint density at radius 2 is 1.61 bits per heavy atom. The fourth-order valence-electron chi connectivity index (χ4n) is 3.70. The molecule has 7 nitrogen and oxygen atoms in total. The average Bonchev–Trinajstić information content (AvgIpc) is 2.87. The standard InChI is InChI=1S/C25H24Cl2N4O3.2ClH/c1-28-18-10-12-31(13-11-18)25(33)16-2-6-20(7-3-16)34-23-9-5-19(15-29-23)30-24(32)17-4-8-21(26)22(27)14-17;;/h2-9,14-15,18,28H,10-13H2,1H3,(H,30,32);2*1H. The molecule has 0 radical (unpaired) electrons. The summed E-state index contributed by atoms with van der Waals surface area (Å²) in [6.45, 7) is 1.50. The molecule has 1 saturated heterocycles. The number of benzene rings is 2. The van der Waals surface area contributed by atoms with Gasteiger partial charge in [-0.1, -0.05) is 23.2 Å². The van der Waals surface area contributed by atoms with Crippen LogP contribution in [0.25, 0.3) is 0 Å². The van der Waals surface area contributed by atoms with Gasteiger partial charge in [-0.15, -0.1) is 24.8 Å². The second-order valence-corrected chi connectivity index (χ2v) is 8.76. The maximum Gasteiger partial charge on any atom is 0.255 e. The van der Waals surface area contributed by atoms with Gasteiger partial charge in [-0.2, -0.15) is 0 Å². The van der Waals surface area contributed by atoms with E-state index < -0.39 is 0 Å². The lowest BCUT2D eigenvalue weighted by Crippen LogP contribution is -2.43. The van der Waals surface area contributed by atoms with Crippen LogP contribution >= 0.6 is 48.0 Å². The number of nitrogens with one attached hydrogen (secondary N) is 2. The van der Waals surface area contributed by atoms with E-state index in [1.165, 1.54) is 12.3 Å². The van der Waals surface area contributed by atoms with Crippen LogP contribution in [0.1, 0.15) is 33.6 Å². The Hall–Kier alpha value is -2.55. The fourth-order valence-corrected chi connectivity index (χ4v) is 3.99. The molecule has 1 aliphatic heterocycles. The van der Waals surface area contributed by atoms with E-state index >= 15 is 0 Å². The van der Waals surface area contributed by atoms with Gasteiger partial charge in [-0.25, -0.2) is 4.98 Å². The predicted molar refractivity (Wildman–Crippen MR) is 148 cm³/mol. The first-order chi connectivity index (χ1) is 16.4. The number of ether oxygens (including phenoxy) is 1. The zero-order valence-electron chi connectivity index (χ0n) is 19.4. The van der Waals surface area contributed by atoms with E-state index in [2.05, 4.69) is 15.6 Å². The Labute approximate surface area is 232 Å². The lowest BCUT2D eigenvalue weighted by atomic mass is 10.0. The third-order valence-electron chi connectivity index (χ3n) is 5.69. The van der Waals surface area contributed by atoms with Crippen molar-refractivity contribution in [3.05, 3.63) is 82.0 Å². The van der Waals surface area contributed by atoms with Crippen molar-refractivity contribution in [3.63, 3.8) is 0 Å². The number of amides is 2. The molecule has 2 N–H and O–H groups in total. The number of likely N-dealkylation sites (tertiary alicyclic amines) is 1. The molecule has 1 fully saturated rings. The molecule has 4 rings (SSSR count). The summed E-state index contributed by atoms with van der Waals surface area (Å²) in [6.07, 6.45) is 3.41. The van der Waals surface area contributed by atoms with Crippen LogP contribution in [0.15, 0.2) is 60.8 Å². The highest BCUT2D eigenvalue weighted by molar-refractivity contribution is 6.42. The largest absolute Gasteiger partial charge is 0.439 e. The van der Waals surface area contributed by atoms with Crippen LogP contribution in [0.2, 0.25) is 10.0 Å². The van der Waals surface area contributed by atoms with Crippen molar-refractivity contribution in [2.24, 2.45) is 0 Å². The molecular weight excluding hydrogens is 546 g/mol. The van der Waals surface area contributed by atoms with Gasteiger partial charge in [0, 0.05) is 36.3 Å². The quantitative estimate of drug-likeness (QED) is 0.373. The molecule has 1 aromatic heterocycles. The van der Waals surface area contributed by atoms with E-state index in [0.29, 0.717) is 44.5 Å². The first kappa shape index (κ1) is 29.7. The molecule has 36 heavy (non-hydrogen) atoms. The molecule has 1 aliphatic rings. The number of carbonyl (C=O) groups excluding carboxylic acids is 2. The zero-order chi connectivity index (χ0) is 24.1.